The Morgan fingerprint density at radius 3 is 2.32 bits per heavy atom. The third kappa shape index (κ3) is 2.48. The van der Waals surface area contributed by atoms with Gasteiger partial charge in [-0.2, -0.15) is 0 Å². The number of ether oxygens (including phenoxy) is 2. The second kappa shape index (κ2) is 5.19. The highest BCUT2D eigenvalue weighted by molar-refractivity contribution is 7.14. The molecule has 0 fully saturated rings. The lowest BCUT2D eigenvalue weighted by Gasteiger charge is -2.08. The Hall–Kier alpha value is -2.22. The van der Waals surface area contributed by atoms with Gasteiger partial charge in [0.25, 0.3) is 5.69 Å². The van der Waals surface area contributed by atoms with Gasteiger partial charge >= 0.3 is 0 Å². The maximum absolute atomic E-state index is 11.1. The first-order valence-corrected chi connectivity index (χ1v) is 6.09. The minimum absolute atomic E-state index is 0.0891. The predicted octanol–water partition coefficient (Wildman–Crippen LogP) is 2.44. The van der Waals surface area contributed by atoms with Gasteiger partial charge in [-0.1, -0.05) is 11.3 Å². The van der Waals surface area contributed by atoms with Crippen molar-refractivity contribution in [3.8, 4) is 22.1 Å². The number of hydrogen-bond acceptors (Lipinski definition) is 7. The summed E-state index contributed by atoms with van der Waals surface area (Å²) in [5, 5.41) is 20.1. The summed E-state index contributed by atoms with van der Waals surface area (Å²) in [6, 6.07) is 2.86. The SMILES string of the molecule is COc1cc(-c2nnc(C)s2)c([N+](=O)[O-])cc1OC. The largest absolute Gasteiger partial charge is 0.493 e. The van der Waals surface area contributed by atoms with Crippen LogP contribution in [0.15, 0.2) is 12.1 Å². The molecule has 2 rings (SSSR count). The molecule has 0 saturated carbocycles. The van der Waals surface area contributed by atoms with Crippen LogP contribution in [-0.2, 0) is 0 Å². The lowest BCUT2D eigenvalue weighted by atomic mass is 10.1. The Bertz CT molecular complexity index is 626. The highest BCUT2D eigenvalue weighted by Gasteiger charge is 2.23. The number of nitro benzene ring substituents is 1. The Kier molecular flexibility index (Phi) is 3.61. The van der Waals surface area contributed by atoms with Gasteiger partial charge in [-0.05, 0) is 6.92 Å². The summed E-state index contributed by atoms with van der Waals surface area (Å²) >= 11 is 1.28. The molecule has 0 atom stereocenters. The van der Waals surface area contributed by atoms with Crippen LogP contribution in [0.2, 0.25) is 0 Å². The minimum Gasteiger partial charge on any atom is -0.493 e. The maximum Gasteiger partial charge on any atom is 0.283 e. The van der Waals surface area contributed by atoms with Crippen molar-refractivity contribution in [2.45, 2.75) is 6.92 Å². The van der Waals surface area contributed by atoms with Crippen molar-refractivity contribution in [2.75, 3.05) is 14.2 Å². The lowest BCUT2D eigenvalue weighted by molar-refractivity contribution is -0.384. The van der Waals surface area contributed by atoms with E-state index < -0.39 is 4.92 Å². The fourth-order valence-corrected chi connectivity index (χ4v) is 2.31. The fraction of sp³-hybridized carbons (Fsp3) is 0.273. The van der Waals surface area contributed by atoms with Gasteiger partial charge in [-0.15, -0.1) is 10.2 Å². The van der Waals surface area contributed by atoms with Crippen molar-refractivity contribution in [1.29, 1.82) is 0 Å². The zero-order chi connectivity index (χ0) is 14.0. The molecule has 0 unspecified atom stereocenters. The molecule has 19 heavy (non-hydrogen) atoms. The van der Waals surface area contributed by atoms with Gasteiger partial charge in [-0.3, -0.25) is 10.1 Å². The summed E-state index contributed by atoms with van der Waals surface area (Å²) in [6.07, 6.45) is 0. The topological polar surface area (TPSA) is 87.4 Å². The highest BCUT2D eigenvalue weighted by Crippen LogP contribution is 2.40. The second-order valence-electron chi connectivity index (χ2n) is 3.61. The Morgan fingerprint density at radius 2 is 1.84 bits per heavy atom. The third-order valence-corrected chi connectivity index (χ3v) is 3.33. The molecule has 0 amide bonds. The molecule has 1 heterocycles. The molecule has 1 aromatic carbocycles. The Labute approximate surface area is 113 Å². The number of nitrogens with zero attached hydrogens (tertiary/aromatic N) is 3. The molecular weight excluding hydrogens is 270 g/mol. The first-order valence-electron chi connectivity index (χ1n) is 5.27. The first kappa shape index (κ1) is 13.2. The average Bonchev–Trinajstić information content (AvgIpc) is 2.83. The van der Waals surface area contributed by atoms with Crippen LogP contribution in [-0.4, -0.2) is 29.3 Å². The van der Waals surface area contributed by atoms with E-state index in [0.717, 1.165) is 5.01 Å². The average molecular weight is 281 g/mol. The molecule has 0 bridgehead atoms. The predicted molar refractivity (Wildman–Crippen MR) is 69.8 cm³/mol. The quantitative estimate of drug-likeness (QED) is 0.631. The number of hydrogen-bond donors (Lipinski definition) is 0. The standard InChI is InChI=1S/C11H11N3O4S/c1-6-12-13-11(19-6)7-4-9(17-2)10(18-3)5-8(7)14(15)16/h4-5H,1-3H3. The molecule has 8 heteroatoms. The summed E-state index contributed by atoms with van der Waals surface area (Å²) in [6.45, 7) is 1.79. The van der Waals surface area contributed by atoms with E-state index in [1.807, 2.05) is 0 Å². The minimum atomic E-state index is -0.478. The summed E-state index contributed by atoms with van der Waals surface area (Å²) in [4.78, 5) is 10.7. The molecule has 0 spiro atoms. The van der Waals surface area contributed by atoms with Crippen molar-refractivity contribution in [1.82, 2.24) is 10.2 Å². The molecular formula is C11H11N3O4S. The van der Waals surface area contributed by atoms with Gasteiger partial charge in [0.05, 0.1) is 30.8 Å². The van der Waals surface area contributed by atoms with Crippen molar-refractivity contribution in [3.05, 3.63) is 27.3 Å². The van der Waals surface area contributed by atoms with E-state index in [9.17, 15) is 10.1 Å². The number of benzene rings is 1. The summed E-state index contributed by atoms with van der Waals surface area (Å²) in [5.74, 6) is 0.718. The van der Waals surface area contributed by atoms with E-state index in [-0.39, 0.29) is 5.69 Å². The molecule has 1 aromatic heterocycles. The van der Waals surface area contributed by atoms with Crippen LogP contribution in [0.25, 0.3) is 10.6 Å². The van der Waals surface area contributed by atoms with E-state index in [2.05, 4.69) is 10.2 Å². The smallest absolute Gasteiger partial charge is 0.283 e. The van der Waals surface area contributed by atoms with E-state index in [1.54, 1.807) is 6.92 Å². The van der Waals surface area contributed by atoms with E-state index in [1.165, 1.54) is 37.7 Å². The summed E-state index contributed by atoms with van der Waals surface area (Å²) in [5.41, 5.74) is 0.280. The molecule has 0 aliphatic rings. The van der Waals surface area contributed by atoms with Gasteiger partial charge < -0.3 is 9.47 Å². The van der Waals surface area contributed by atoms with Crippen molar-refractivity contribution >= 4 is 17.0 Å². The zero-order valence-corrected chi connectivity index (χ0v) is 11.4. The maximum atomic E-state index is 11.1. The van der Waals surface area contributed by atoms with Crippen molar-refractivity contribution < 1.29 is 14.4 Å². The van der Waals surface area contributed by atoms with E-state index in [0.29, 0.717) is 22.1 Å². The fourth-order valence-electron chi connectivity index (χ4n) is 1.60. The van der Waals surface area contributed by atoms with E-state index in [4.69, 9.17) is 9.47 Å². The molecule has 0 saturated heterocycles. The Morgan fingerprint density at radius 1 is 1.21 bits per heavy atom. The molecule has 7 nitrogen and oxygen atoms in total. The van der Waals surface area contributed by atoms with Gasteiger partial charge in [-0.25, -0.2) is 0 Å². The first-order chi connectivity index (χ1) is 9.06. The zero-order valence-electron chi connectivity index (χ0n) is 10.5. The Balaban J connectivity index is 2.67. The van der Waals surface area contributed by atoms with Crippen LogP contribution in [0.5, 0.6) is 11.5 Å². The normalized spacial score (nSPS) is 10.3. The van der Waals surface area contributed by atoms with Crippen LogP contribution >= 0.6 is 11.3 Å². The van der Waals surface area contributed by atoms with Crippen LogP contribution in [0.3, 0.4) is 0 Å². The molecule has 0 N–H and O–H groups in total. The monoisotopic (exact) mass is 281 g/mol. The van der Waals surface area contributed by atoms with Gasteiger partial charge in [0.1, 0.15) is 5.01 Å². The van der Waals surface area contributed by atoms with Crippen LogP contribution in [0, 0.1) is 17.0 Å². The third-order valence-electron chi connectivity index (χ3n) is 2.46. The number of aromatic nitrogens is 2. The van der Waals surface area contributed by atoms with Crippen LogP contribution in [0.1, 0.15) is 5.01 Å². The number of rotatable bonds is 4. The highest BCUT2D eigenvalue weighted by atomic mass is 32.1. The van der Waals surface area contributed by atoms with Gasteiger partial charge in [0.15, 0.2) is 16.5 Å². The second-order valence-corrected chi connectivity index (χ2v) is 4.79. The molecule has 0 aliphatic carbocycles. The van der Waals surface area contributed by atoms with Crippen molar-refractivity contribution in [3.63, 3.8) is 0 Å². The molecule has 2 aromatic rings. The number of methoxy groups -OCH3 is 2. The molecule has 0 aliphatic heterocycles. The van der Waals surface area contributed by atoms with Gasteiger partial charge in [0, 0.05) is 6.07 Å². The van der Waals surface area contributed by atoms with Crippen LogP contribution in [0.4, 0.5) is 5.69 Å². The van der Waals surface area contributed by atoms with Gasteiger partial charge in [0.2, 0.25) is 0 Å². The van der Waals surface area contributed by atoms with Crippen LogP contribution < -0.4 is 9.47 Å². The molecule has 100 valence electrons. The summed E-state index contributed by atoms with van der Waals surface area (Å²) in [7, 11) is 2.90. The number of nitro groups is 1. The van der Waals surface area contributed by atoms with Crippen molar-refractivity contribution in [2.24, 2.45) is 0 Å². The number of aryl methyl sites for hydroxylation is 1. The molecule has 0 radical (unpaired) electrons. The van der Waals surface area contributed by atoms with E-state index >= 15 is 0 Å². The lowest BCUT2D eigenvalue weighted by Crippen LogP contribution is -1.96. The summed E-state index contributed by atoms with van der Waals surface area (Å²) < 4.78 is 10.2.